The van der Waals surface area contributed by atoms with Crippen LogP contribution in [0.1, 0.15) is 27.2 Å². The summed E-state index contributed by atoms with van der Waals surface area (Å²) in [7, 11) is -2.18. The van der Waals surface area contributed by atoms with E-state index in [0.29, 0.717) is 5.57 Å². The lowest BCUT2D eigenvalue weighted by Crippen LogP contribution is -2.39. The predicted molar refractivity (Wildman–Crippen MR) is 90.0 cm³/mol. The van der Waals surface area contributed by atoms with Gasteiger partial charge >= 0.3 is 5.97 Å². The molecule has 0 spiro atoms. The first-order valence-electron chi connectivity index (χ1n) is 7.13. The minimum absolute atomic E-state index is 0.269. The molecule has 0 aliphatic rings. The molecule has 0 saturated carbocycles. The highest BCUT2D eigenvalue weighted by Gasteiger charge is 2.32. The number of rotatable bonds is 7. The third-order valence-electron chi connectivity index (χ3n) is 3.13. The molecule has 0 aliphatic heterocycles. The Kier molecular flexibility index (Phi) is 6.28. The van der Waals surface area contributed by atoms with Gasteiger partial charge in [0.2, 0.25) is 0 Å². The van der Waals surface area contributed by atoms with Gasteiger partial charge in [0.15, 0.2) is 0 Å². The highest BCUT2D eigenvalue weighted by molar-refractivity contribution is 6.94. The maximum absolute atomic E-state index is 11.6. The quantitative estimate of drug-likeness (QED) is 0.381. The fourth-order valence-electron chi connectivity index (χ4n) is 2.55. The van der Waals surface area contributed by atoms with E-state index in [0.717, 1.165) is 6.42 Å². The monoisotopic (exact) mass is 300 g/mol. The smallest absolute Gasteiger partial charge is 0.333 e. The summed E-state index contributed by atoms with van der Waals surface area (Å²) in [5.41, 5.74) is 1.54. The summed E-state index contributed by atoms with van der Waals surface area (Å²) < 4.78 is 5.52. The zero-order chi connectivity index (χ0) is 15.5. The van der Waals surface area contributed by atoms with E-state index < -0.39 is 16.1 Å². The van der Waals surface area contributed by atoms with Gasteiger partial charge in [-0.05, 0) is 27.2 Å². The van der Waals surface area contributed by atoms with Crippen LogP contribution in [-0.4, -0.2) is 27.7 Å². The van der Waals surface area contributed by atoms with Crippen LogP contribution >= 0.6 is 0 Å². The molecule has 0 aromatic rings. The molecular formula is C15H32O2Si2. The van der Waals surface area contributed by atoms with Gasteiger partial charge in [0.25, 0.3) is 0 Å². The van der Waals surface area contributed by atoms with Gasteiger partial charge in [0.1, 0.15) is 5.60 Å². The Hall–Kier alpha value is -0.356. The van der Waals surface area contributed by atoms with Crippen LogP contribution < -0.4 is 0 Å². The van der Waals surface area contributed by atoms with Gasteiger partial charge in [-0.2, -0.15) is 0 Å². The zero-order valence-electron chi connectivity index (χ0n) is 14.1. The summed E-state index contributed by atoms with van der Waals surface area (Å²) in [6.45, 7) is 21.6. The number of carbonyl (C=O) groups excluding carboxylic acids is 1. The highest BCUT2D eigenvalue weighted by Crippen LogP contribution is 2.29. The van der Waals surface area contributed by atoms with Crippen LogP contribution in [0.3, 0.4) is 0 Å². The lowest BCUT2D eigenvalue weighted by Gasteiger charge is -2.33. The Labute approximate surface area is 121 Å². The van der Waals surface area contributed by atoms with Crippen LogP contribution in [0.25, 0.3) is 0 Å². The second-order valence-corrected chi connectivity index (χ2v) is 19.7. The normalized spacial score (nSPS) is 13.3. The molecule has 2 nitrogen and oxygen atoms in total. The van der Waals surface area contributed by atoms with Crippen molar-refractivity contribution in [3.05, 3.63) is 12.2 Å². The van der Waals surface area contributed by atoms with Crippen molar-refractivity contribution in [2.45, 2.75) is 77.2 Å². The number of carbonyl (C=O) groups is 1. The molecule has 0 aliphatic carbocycles. The molecule has 0 unspecified atom stereocenters. The van der Waals surface area contributed by atoms with Crippen LogP contribution in [0.2, 0.25) is 44.4 Å². The second kappa shape index (κ2) is 6.40. The first-order chi connectivity index (χ1) is 8.24. The third kappa shape index (κ3) is 9.22. The lowest BCUT2D eigenvalue weighted by atomic mass is 10.1. The first kappa shape index (κ1) is 18.6. The van der Waals surface area contributed by atoms with Crippen LogP contribution in [0.5, 0.6) is 0 Å². The molecule has 4 heteroatoms. The minimum Gasteiger partial charge on any atom is -0.456 e. The Morgan fingerprint density at radius 3 is 2.00 bits per heavy atom. The number of ether oxygens (including phenoxy) is 1. The SMILES string of the molecule is C=C(C)C(=O)OC(C)(C)CC[Si](C)(C)C[Si](C)(C)C. The van der Waals surface area contributed by atoms with Crippen molar-refractivity contribution in [3.8, 4) is 0 Å². The molecule has 112 valence electrons. The van der Waals surface area contributed by atoms with E-state index in [4.69, 9.17) is 4.74 Å². The maximum Gasteiger partial charge on any atom is 0.333 e. The Balaban J connectivity index is 4.45. The maximum atomic E-state index is 11.6. The zero-order valence-corrected chi connectivity index (χ0v) is 16.1. The molecule has 0 heterocycles. The molecule has 0 amide bonds. The molecule has 0 bridgehead atoms. The molecule has 0 aromatic carbocycles. The Morgan fingerprint density at radius 2 is 1.63 bits per heavy atom. The van der Waals surface area contributed by atoms with E-state index in [2.05, 4.69) is 39.3 Å². The number of esters is 1. The summed E-state index contributed by atoms with van der Waals surface area (Å²) in [4.78, 5) is 11.6. The Bertz CT molecular complexity index is 339. The van der Waals surface area contributed by atoms with Crippen molar-refractivity contribution in [1.29, 1.82) is 0 Å². The standard InChI is InChI=1S/C15H32O2Si2/c1-13(2)14(16)17-15(3,4)10-11-19(8,9)12-18(5,6)7/h1,10-12H2,2-9H3. The lowest BCUT2D eigenvalue weighted by molar-refractivity contribution is -0.151. The van der Waals surface area contributed by atoms with E-state index in [1.165, 1.54) is 11.7 Å². The average Bonchev–Trinajstić information content (AvgIpc) is 2.10. The molecule has 0 radical (unpaired) electrons. The minimum atomic E-state index is -1.18. The largest absolute Gasteiger partial charge is 0.456 e. The van der Waals surface area contributed by atoms with Gasteiger partial charge < -0.3 is 4.74 Å². The summed E-state index contributed by atoms with van der Waals surface area (Å²) in [6, 6.07) is 1.22. The Morgan fingerprint density at radius 1 is 1.16 bits per heavy atom. The molecule has 0 fully saturated rings. The van der Waals surface area contributed by atoms with Crippen molar-refractivity contribution in [1.82, 2.24) is 0 Å². The second-order valence-electron chi connectivity index (χ2n) is 8.33. The molecule has 0 aromatic heterocycles. The third-order valence-corrected chi connectivity index (χ3v) is 12.8. The summed E-state index contributed by atoms with van der Waals surface area (Å²) in [6.07, 6.45) is 0.954. The van der Waals surface area contributed by atoms with E-state index in [-0.39, 0.29) is 11.6 Å². The fourth-order valence-corrected chi connectivity index (χ4v) is 16.0. The molecular weight excluding hydrogens is 268 g/mol. The van der Waals surface area contributed by atoms with Gasteiger partial charge in [-0.25, -0.2) is 4.79 Å². The van der Waals surface area contributed by atoms with E-state index in [9.17, 15) is 4.79 Å². The summed E-state index contributed by atoms with van der Waals surface area (Å²) in [5, 5.41) is 0. The van der Waals surface area contributed by atoms with Crippen molar-refractivity contribution in [2.75, 3.05) is 0 Å². The topological polar surface area (TPSA) is 26.3 Å². The number of hydrogen-bond acceptors (Lipinski definition) is 2. The predicted octanol–water partition coefficient (Wildman–Crippen LogP) is 4.86. The van der Waals surface area contributed by atoms with Crippen LogP contribution in [0.4, 0.5) is 0 Å². The van der Waals surface area contributed by atoms with Crippen LogP contribution in [-0.2, 0) is 9.53 Å². The first-order valence-corrected chi connectivity index (χ1v) is 14.3. The van der Waals surface area contributed by atoms with Gasteiger partial charge in [-0.3, -0.25) is 0 Å². The van der Waals surface area contributed by atoms with Crippen LogP contribution in [0.15, 0.2) is 12.2 Å². The van der Waals surface area contributed by atoms with Crippen molar-refractivity contribution in [3.63, 3.8) is 0 Å². The molecule has 0 atom stereocenters. The average molecular weight is 301 g/mol. The van der Waals surface area contributed by atoms with E-state index in [1.54, 1.807) is 6.92 Å². The fraction of sp³-hybridized carbons (Fsp3) is 0.800. The van der Waals surface area contributed by atoms with Gasteiger partial charge in [0, 0.05) is 21.7 Å². The molecule has 0 saturated heterocycles. The van der Waals surface area contributed by atoms with Gasteiger partial charge in [-0.1, -0.05) is 51.0 Å². The van der Waals surface area contributed by atoms with Crippen molar-refractivity contribution >= 4 is 22.1 Å². The van der Waals surface area contributed by atoms with Gasteiger partial charge in [0.05, 0.1) is 0 Å². The molecule has 0 N–H and O–H groups in total. The highest BCUT2D eigenvalue weighted by atomic mass is 28.4. The molecule has 0 rings (SSSR count). The van der Waals surface area contributed by atoms with E-state index in [1.807, 2.05) is 13.8 Å². The van der Waals surface area contributed by atoms with Crippen molar-refractivity contribution < 1.29 is 9.53 Å². The summed E-state index contributed by atoms with van der Waals surface area (Å²) >= 11 is 0. The number of hydrogen-bond donors (Lipinski definition) is 0. The van der Waals surface area contributed by atoms with Crippen molar-refractivity contribution in [2.24, 2.45) is 0 Å². The van der Waals surface area contributed by atoms with Gasteiger partial charge in [-0.15, -0.1) is 0 Å². The molecule has 19 heavy (non-hydrogen) atoms. The van der Waals surface area contributed by atoms with E-state index >= 15 is 0 Å². The van der Waals surface area contributed by atoms with Crippen LogP contribution in [0, 0.1) is 0 Å². The summed E-state index contributed by atoms with van der Waals surface area (Å²) in [5.74, 6) is -0.269.